The van der Waals surface area contributed by atoms with Crippen molar-refractivity contribution in [2.75, 3.05) is 20.3 Å². The van der Waals surface area contributed by atoms with E-state index in [9.17, 15) is 60.7 Å². The molecule has 19 nitrogen and oxygen atoms in total. The zero-order valence-corrected chi connectivity index (χ0v) is 39.6. The highest BCUT2D eigenvalue weighted by Crippen LogP contribution is 2.38. The van der Waals surface area contributed by atoms with Gasteiger partial charge < -0.3 is 85.8 Å². The average molecular weight is 967 g/mol. The fourth-order valence-corrected chi connectivity index (χ4v) is 8.14. The molecule has 2 fully saturated rings. The van der Waals surface area contributed by atoms with E-state index in [4.69, 9.17) is 29.4 Å². The highest BCUT2D eigenvalue weighted by molar-refractivity contribution is 5.80. The summed E-state index contributed by atoms with van der Waals surface area (Å²) in [6.45, 7) is 5.05. The van der Waals surface area contributed by atoms with Gasteiger partial charge in [-0.05, 0) is 33.1 Å². The van der Waals surface area contributed by atoms with Gasteiger partial charge in [0, 0.05) is 51.2 Å². The van der Waals surface area contributed by atoms with Crippen LogP contribution in [0.2, 0.25) is 0 Å². The first-order valence-corrected chi connectivity index (χ1v) is 23.4. The van der Waals surface area contributed by atoms with Crippen LogP contribution < -0.4 is 11.1 Å². The standard InChI is InChI=1S/C49H78N2O17/c1-30-17-15-13-11-9-7-5-6-8-10-12-14-16-18-36(67-48-46(61)45(50)41(59)29-65-48)25-42-44(47(62)51-31(2)28-64-4)40(58)27-49(63,68-42)26-35(54)23-39(57)37(55)20-19-33(52)22-34(53)24-43(60)66-32(3)21-38(30)56/h5-18,30-42,44-46,48,52-59,61,63H,19-29,50H2,1-4H3,(H,51,62)/b6-5+,9-7+,10-8+,13-11+,14-12+,17-15+,18-16+/t30-,31-,32-,33?,34?,35?,36?,37+,38-,39+,40-,41+,42-,44+,45-,46-,48-,49?/m0/s1. The first-order chi connectivity index (χ1) is 32.2. The van der Waals surface area contributed by atoms with Crippen molar-refractivity contribution in [2.45, 2.75) is 176 Å². The summed E-state index contributed by atoms with van der Waals surface area (Å²) in [4.78, 5) is 26.3. The lowest BCUT2D eigenvalue weighted by atomic mass is 9.82. The molecule has 2 bridgehead atoms. The number of aliphatic hydroxyl groups is 10. The molecular formula is C49H78N2O17. The lowest BCUT2D eigenvalue weighted by Gasteiger charge is -2.46. The van der Waals surface area contributed by atoms with Gasteiger partial charge in [0.1, 0.15) is 12.2 Å². The fourth-order valence-electron chi connectivity index (χ4n) is 8.14. The third-order valence-corrected chi connectivity index (χ3v) is 11.9. The van der Waals surface area contributed by atoms with Crippen molar-refractivity contribution >= 4 is 11.9 Å². The molecule has 386 valence electrons. The minimum atomic E-state index is -2.27. The van der Waals surface area contributed by atoms with Crippen molar-refractivity contribution < 1.29 is 84.3 Å². The number of hydrogen-bond acceptors (Lipinski definition) is 18. The number of ether oxygens (including phenoxy) is 5. The van der Waals surface area contributed by atoms with Crippen LogP contribution >= 0.6 is 0 Å². The van der Waals surface area contributed by atoms with E-state index < -0.39 is 141 Å². The van der Waals surface area contributed by atoms with E-state index in [1.807, 2.05) is 37.3 Å². The molecule has 5 unspecified atom stereocenters. The summed E-state index contributed by atoms with van der Waals surface area (Å²) >= 11 is 0. The Hall–Kier alpha value is -3.48. The van der Waals surface area contributed by atoms with E-state index in [1.54, 1.807) is 68.5 Å². The van der Waals surface area contributed by atoms with Crippen LogP contribution in [0.5, 0.6) is 0 Å². The maximum absolute atomic E-state index is 13.8. The Bertz CT molecular complexity index is 1710. The number of nitrogens with one attached hydrogen (secondary N) is 1. The summed E-state index contributed by atoms with van der Waals surface area (Å²) in [5.74, 6) is -5.18. The molecule has 3 aliphatic heterocycles. The molecule has 1 amide bonds. The molecule has 3 rings (SSSR count). The van der Waals surface area contributed by atoms with Crippen LogP contribution in [0, 0.1) is 11.8 Å². The molecule has 0 spiro atoms. The highest BCUT2D eigenvalue weighted by atomic mass is 16.7. The van der Waals surface area contributed by atoms with E-state index in [0.717, 1.165) is 0 Å². The van der Waals surface area contributed by atoms with E-state index >= 15 is 0 Å². The molecule has 13 N–H and O–H groups in total. The number of carbonyl (C=O) groups excluding carboxylic acids is 2. The number of cyclic esters (lactones) is 1. The van der Waals surface area contributed by atoms with Crippen LogP contribution in [0.15, 0.2) is 85.1 Å². The summed E-state index contributed by atoms with van der Waals surface area (Å²) in [5, 5.41) is 112. The quantitative estimate of drug-likeness (QED) is 0.158. The predicted molar refractivity (Wildman–Crippen MR) is 250 cm³/mol. The molecule has 19 heteroatoms. The van der Waals surface area contributed by atoms with Crippen molar-refractivity contribution in [1.29, 1.82) is 0 Å². The molecule has 18 atom stereocenters. The topological polar surface area (TPSA) is 321 Å². The third kappa shape index (κ3) is 21.3. The van der Waals surface area contributed by atoms with Gasteiger partial charge in [0.25, 0.3) is 0 Å². The van der Waals surface area contributed by atoms with Crippen LogP contribution in [-0.2, 0) is 33.3 Å². The first-order valence-electron chi connectivity index (χ1n) is 23.4. The third-order valence-electron chi connectivity index (χ3n) is 11.9. The van der Waals surface area contributed by atoms with Gasteiger partial charge in [-0.2, -0.15) is 0 Å². The number of rotatable bonds is 6. The Morgan fingerprint density at radius 2 is 1.35 bits per heavy atom. The number of esters is 1. The number of aliphatic hydroxyl groups excluding tert-OH is 9. The van der Waals surface area contributed by atoms with Gasteiger partial charge in [-0.15, -0.1) is 0 Å². The van der Waals surface area contributed by atoms with E-state index in [-0.39, 0.29) is 51.2 Å². The molecule has 0 radical (unpaired) electrons. The largest absolute Gasteiger partial charge is 0.462 e. The summed E-state index contributed by atoms with van der Waals surface area (Å²) < 4.78 is 28.5. The number of methoxy groups -OCH3 is 1. The predicted octanol–water partition coefficient (Wildman–Crippen LogP) is 0.144. The zero-order chi connectivity index (χ0) is 50.4. The summed E-state index contributed by atoms with van der Waals surface area (Å²) in [5.41, 5.74) is 6.01. The van der Waals surface area contributed by atoms with Crippen molar-refractivity contribution in [3.8, 4) is 0 Å². The Morgan fingerprint density at radius 3 is 1.97 bits per heavy atom. The van der Waals surface area contributed by atoms with Crippen molar-refractivity contribution in [1.82, 2.24) is 5.32 Å². The number of amides is 1. The molecule has 68 heavy (non-hydrogen) atoms. The average Bonchev–Trinajstić information content (AvgIpc) is 3.24. The Labute approximate surface area is 399 Å². The minimum Gasteiger partial charge on any atom is -0.462 e. The lowest BCUT2D eigenvalue weighted by molar-refractivity contribution is -0.304. The van der Waals surface area contributed by atoms with E-state index in [2.05, 4.69) is 5.32 Å². The zero-order valence-electron chi connectivity index (χ0n) is 39.6. The lowest BCUT2D eigenvalue weighted by Crippen LogP contribution is -2.60. The second kappa shape index (κ2) is 30.3. The van der Waals surface area contributed by atoms with Crippen LogP contribution in [0.25, 0.3) is 0 Å². The number of hydrogen-bond donors (Lipinski definition) is 12. The van der Waals surface area contributed by atoms with E-state index in [0.29, 0.717) is 0 Å². The normalized spacial score (nSPS) is 42.2. The van der Waals surface area contributed by atoms with Gasteiger partial charge in [0.05, 0.1) is 92.6 Å². The second-order valence-electron chi connectivity index (χ2n) is 18.2. The van der Waals surface area contributed by atoms with Gasteiger partial charge in [0.15, 0.2) is 12.1 Å². The molecule has 3 aliphatic rings. The second-order valence-corrected chi connectivity index (χ2v) is 18.2. The Balaban J connectivity index is 1.91. The van der Waals surface area contributed by atoms with Gasteiger partial charge in [-0.25, -0.2) is 0 Å². The minimum absolute atomic E-state index is 0.0933. The van der Waals surface area contributed by atoms with Crippen LogP contribution in [0.1, 0.15) is 78.6 Å². The van der Waals surface area contributed by atoms with Gasteiger partial charge in [-0.3, -0.25) is 9.59 Å². The van der Waals surface area contributed by atoms with Gasteiger partial charge >= 0.3 is 5.97 Å². The maximum Gasteiger partial charge on any atom is 0.308 e. The smallest absolute Gasteiger partial charge is 0.308 e. The van der Waals surface area contributed by atoms with E-state index in [1.165, 1.54) is 7.11 Å². The number of allylic oxidation sites excluding steroid dienone is 12. The summed E-state index contributed by atoms with van der Waals surface area (Å²) in [7, 11) is 1.46. The fraction of sp³-hybridized carbons (Fsp3) is 0.673. The van der Waals surface area contributed by atoms with Crippen LogP contribution in [0.3, 0.4) is 0 Å². The summed E-state index contributed by atoms with van der Waals surface area (Å²) in [6.07, 6.45) is 5.74. The van der Waals surface area contributed by atoms with Crippen molar-refractivity contribution in [3.63, 3.8) is 0 Å². The summed E-state index contributed by atoms with van der Waals surface area (Å²) in [6, 6.07) is -1.60. The molecule has 0 aromatic heterocycles. The molecule has 0 saturated carbocycles. The Morgan fingerprint density at radius 1 is 0.750 bits per heavy atom. The molecule has 3 heterocycles. The van der Waals surface area contributed by atoms with Crippen molar-refractivity contribution in [3.05, 3.63) is 85.1 Å². The number of fused-ring (bicyclic) bond motifs is 2. The monoisotopic (exact) mass is 967 g/mol. The maximum atomic E-state index is 13.8. The highest BCUT2D eigenvalue weighted by Gasteiger charge is 2.50. The van der Waals surface area contributed by atoms with Crippen LogP contribution in [0.4, 0.5) is 0 Å². The van der Waals surface area contributed by atoms with Crippen LogP contribution in [-0.4, -0.2) is 181 Å². The van der Waals surface area contributed by atoms with Gasteiger partial charge in [0.2, 0.25) is 5.91 Å². The Kier molecular flexibility index (Phi) is 26.2. The molecule has 0 aromatic carbocycles. The molecule has 0 aromatic rings. The number of carbonyl (C=O) groups is 2. The molecule has 0 aliphatic carbocycles. The molecule has 2 saturated heterocycles. The first kappa shape index (κ1) is 58.8. The van der Waals surface area contributed by atoms with Gasteiger partial charge in [-0.1, -0.05) is 92.0 Å². The SMILES string of the molecule is COC[C@H](C)NC(=O)[C@H]1[C@@H]2CC(O[C@@H]3OC[C@@H](O)[C@H](N)[C@@H]3O)/C=C/C=C/C=C/C=C/C=C/C=C/C=C/[C@H](C)[C@@H](O)C[C@H](C)OC(=O)CC(O)CC(O)CC[C@@H](O)[C@H](O)CC(O)CC(O)(C[C@@H]1O)O2. The molecular weight excluding hydrogens is 889 g/mol. The van der Waals surface area contributed by atoms with Crippen molar-refractivity contribution in [2.24, 2.45) is 17.6 Å². The number of nitrogens with two attached hydrogens (primary N) is 1.